The summed E-state index contributed by atoms with van der Waals surface area (Å²) in [6.07, 6.45) is 0. The lowest BCUT2D eigenvalue weighted by Crippen LogP contribution is -2.24. The number of amides is 1. The summed E-state index contributed by atoms with van der Waals surface area (Å²) in [6, 6.07) is 4.81. The third-order valence-electron chi connectivity index (χ3n) is 3.34. The number of aromatic hydroxyl groups is 1. The van der Waals surface area contributed by atoms with Gasteiger partial charge < -0.3 is 10.4 Å². The molecule has 0 spiro atoms. The van der Waals surface area contributed by atoms with Crippen LogP contribution in [0.15, 0.2) is 18.2 Å². The minimum Gasteiger partial charge on any atom is -0.506 e. The molecule has 0 saturated carbocycles. The zero-order valence-electron chi connectivity index (χ0n) is 12.4. The van der Waals surface area contributed by atoms with Crippen LogP contribution in [0.5, 0.6) is 5.75 Å². The van der Waals surface area contributed by atoms with Crippen LogP contribution in [0, 0.1) is 20.8 Å². The van der Waals surface area contributed by atoms with E-state index >= 15 is 0 Å². The SMILES string of the molecule is Cc1ccc(NC(=O)C(=O)c2c(C)nn(C)c2C)c(O)c1. The first kappa shape index (κ1) is 14.8. The van der Waals surface area contributed by atoms with Crippen molar-refractivity contribution in [2.24, 2.45) is 7.05 Å². The van der Waals surface area contributed by atoms with Crippen LogP contribution in [0.3, 0.4) is 0 Å². The molecule has 6 nitrogen and oxygen atoms in total. The molecule has 1 aromatic heterocycles. The first-order chi connectivity index (χ1) is 9.81. The van der Waals surface area contributed by atoms with Gasteiger partial charge in [0.05, 0.1) is 16.9 Å². The Kier molecular flexibility index (Phi) is 3.80. The maximum Gasteiger partial charge on any atom is 0.297 e. The van der Waals surface area contributed by atoms with Gasteiger partial charge in [0.25, 0.3) is 11.7 Å². The smallest absolute Gasteiger partial charge is 0.297 e. The largest absolute Gasteiger partial charge is 0.506 e. The molecule has 1 amide bonds. The Morgan fingerprint density at radius 2 is 1.90 bits per heavy atom. The fourth-order valence-corrected chi connectivity index (χ4v) is 2.14. The molecule has 1 aromatic carbocycles. The van der Waals surface area contributed by atoms with Gasteiger partial charge in [0.1, 0.15) is 5.75 Å². The maximum atomic E-state index is 12.2. The van der Waals surface area contributed by atoms with E-state index in [2.05, 4.69) is 10.4 Å². The number of carbonyl (C=O) groups excluding carboxylic acids is 2. The Labute approximate surface area is 122 Å². The first-order valence-corrected chi connectivity index (χ1v) is 6.46. The molecule has 21 heavy (non-hydrogen) atoms. The molecule has 110 valence electrons. The van der Waals surface area contributed by atoms with E-state index < -0.39 is 11.7 Å². The van der Waals surface area contributed by atoms with Crippen LogP contribution in [0.4, 0.5) is 5.69 Å². The zero-order valence-corrected chi connectivity index (χ0v) is 12.4. The highest BCUT2D eigenvalue weighted by Gasteiger charge is 2.24. The number of anilines is 1. The molecule has 0 saturated heterocycles. The average Bonchev–Trinajstić information content (AvgIpc) is 2.66. The summed E-state index contributed by atoms with van der Waals surface area (Å²) in [5.41, 5.74) is 2.49. The number of phenolic OH excluding ortho intramolecular Hbond substituents is 1. The van der Waals surface area contributed by atoms with Crippen LogP contribution in [-0.2, 0) is 11.8 Å². The number of hydrogen-bond donors (Lipinski definition) is 2. The van der Waals surface area contributed by atoms with Crippen molar-refractivity contribution in [1.29, 1.82) is 0 Å². The van der Waals surface area contributed by atoms with Gasteiger partial charge in [-0.2, -0.15) is 5.10 Å². The first-order valence-electron chi connectivity index (χ1n) is 6.46. The van der Waals surface area contributed by atoms with Gasteiger partial charge in [0, 0.05) is 12.7 Å². The molecule has 2 rings (SSSR count). The number of hydrogen-bond acceptors (Lipinski definition) is 4. The van der Waals surface area contributed by atoms with E-state index in [1.165, 1.54) is 6.07 Å². The van der Waals surface area contributed by atoms with Gasteiger partial charge in [0.2, 0.25) is 0 Å². The number of benzene rings is 1. The van der Waals surface area contributed by atoms with Gasteiger partial charge in [-0.1, -0.05) is 6.07 Å². The monoisotopic (exact) mass is 287 g/mol. The Morgan fingerprint density at radius 3 is 2.43 bits per heavy atom. The second-order valence-electron chi connectivity index (χ2n) is 4.97. The van der Waals surface area contributed by atoms with Crippen molar-refractivity contribution in [3.63, 3.8) is 0 Å². The number of nitrogens with one attached hydrogen (secondary N) is 1. The molecule has 0 radical (unpaired) electrons. The Bertz CT molecular complexity index is 732. The summed E-state index contributed by atoms with van der Waals surface area (Å²) in [4.78, 5) is 24.3. The fraction of sp³-hybridized carbons (Fsp3) is 0.267. The molecule has 0 aliphatic rings. The summed E-state index contributed by atoms with van der Waals surface area (Å²) in [5.74, 6) is -1.54. The predicted octanol–water partition coefficient (Wildman–Crippen LogP) is 1.87. The van der Waals surface area contributed by atoms with Crippen LogP contribution in [0.2, 0.25) is 0 Å². The van der Waals surface area contributed by atoms with Crippen LogP contribution < -0.4 is 5.32 Å². The van der Waals surface area contributed by atoms with E-state index in [9.17, 15) is 14.7 Å². The summed E-state index contributed by atoms with van der Waals surface area (Å²) in [6.45, 7) is 5.22. The van der Waals surface area contributed by atoms with Crippen LogP contribution >= 0.6 is 0 Å². The van der Waals surface area contributed by atoms with E-state index in [1.807, 2.05) is 6.92 Å². The second kappa shape index (κ2) is 5.40. The molecule has 0 bridgehead atoms. The van der Waals surface area contributed by atoms with E-state index in [4.69, 9.17) is 0 Å². The van der Waals surface area contributed by atoms with Crippen molar-refractivity contribution in [2.75, 3.05) is 5.32 Å². The molecule has 2 aromatic rings. The summed E-state index contributed by atoms with van der Waals surface area (Å²) >= 11 is 0. The zero-order chi connectivity index (χ0) is 15.7. The minimum atomic E-state index is -0.798. The van der Waals surface area contributed by atoms with Crippen molar-refractivity contribution in [3.8, 4) is 5.75 Å². The third kappa shape index (κ3) is 2.79. The molecular weight excluding hydrogens is 270 g/mol. The number of phenols is 1. The Balaban J connectivity index is 2.26. The summed E-state index contributed by atoms with van der Waals surface area (Å²) in [5, 5.41) is 16.3. The highest BCUT2D eigenvalue weighted by Crippen LogP contribution is 2.24. The molecule has 0 atom stereocenters. The van der Waals surface area contributed by atoms with Crippen molar-refractivity contribution in [2.45, 2.75) is 20.8 Å². The maximum absolute atomic E-state index is 12.2. The molecular formula is C15H17N3O3. The van der Waals surface area contributed by atoms with Gasteiger partial charge in [-0.25, -0.2) is 0 Å². The molecule has 2 N–H and O–H groups in total. The Morgan fingerprint density at radius 1 is 1.24 bits per heavy atom. The molecule has 0 aliphatic carbocycles. The quantitative estimate of drug-likeness (QED) is 0.513. The Hall–Kier alpha value is -2.63. The predicted molar refractivity (Wildman–Crippen MR) is 78.5 cm³/mol. The summed E-state index contributed by atoms with van der Waals surface area (Å²) in [7, 11) is 1.71. The van der Waals surface area contributed by atoms with Crippen molar-refractivity contribution < 1.29 is 14.7 Å². The van der Waals surface area contributed by atoms with E-state index in [1.54, 1.807) is 37.7 Å². The van der Waals surface area contributed by atoms with E-state index in [0.29, 0.717) is 17.0 Å². The molecule has 6 heteroatoms. The van der Waals surface area contributed by atoms with Gasteiger partial charge >= 0.3 is 0 Å². The molecule has 0 unspecified atom stereocenters. The van der Waals surface area contributed by atoms with E-state index in [0.717, 1.165) is 5.56 Å². The molecule has 0 fully saturated rings. The highest BCUT2D eigenvalue weighted by atomic mass is 16.3. The standard InChI is InChI=1S/C15H17N3O3/c1-8-5-6-11(12(19)7-8)16-15(21)14(20)13-9(2)17-18(4)10(13)3/h5-7,19H,1-4H3,(H,16,21). The third-order valence-corrected chi connectivity index (χ3v) is 3.34. The van der Waals surface area contributed by atoms with Crippen LogP contribution in [-0.4, -0.2) is 26.6 Å². The normalized spacial score (nSPS) is 10.5. The fourth-order valence-electron chi connectivity index (χ4n) is 2.14. The number of carbonyl (C=O) groups is 2. The van der Waals surface area contributed by atoms with E-state index in [-0.39, 0.29) is 11.4 Å². The van der Waals surface area contributed by atoms with Gasteiger partial charge in [-0.3, -0.25) is 14.3 Å². The average molecular weight is 287 g/mol. The lowest BCUT2D eigenvalue weighted by Gasteiger charge is -2.07. The minimum absolute atomic E-state index is 0.0734. The molecule has 0 aliphatic heterocycles. The van der Waals surface area contributed by atoms with Gasteiger partial charge in [-0.15, -0.1) is 0 Å². The number of Topliss-reactive ketones (excluding diaryl/α,β-unsaturated/α-hetero) is 1. The summed E-state index contributed by atoms with van der Waals surface area (Å²) < 4.78 is 1.55. The van der Waals surface area contributed by atoms with Crippen molar-refractivity contribution in [3.05, 3.63) is 40.7 Å². The van der Waals surface area contributed by atoms with Crippen LogP contribution in [0.25, 0.3) is 0 Å². The topological polar surface area (TPSA) is 84.2 Å². The lowest BCUT2D eigenvalue weighted by atomic mass is 10.1. The van der Waals surface area contributed by atoms with Crippen molar-refractivity contribution in [1.82, 2.24) is 9.78 Å². The van der Waals surface area contributed by atoms with Crippen molar-refractivity contribution >= 4 is 17.4 Å². The number of nitrogens with zero attached hydrogens (tertiary/aromatic N) is 2. The lowest BCUT2D eigenvalue weighted by molar-refractivity contribution is -0.112. The number of rotatable bonds is 3. The molecule has 1 heterocycles. The number of ketones is 1. The highest BCUT2D eigenvalue weighted by molar-refractivity contribution is 6.47. The number of aryl methyl sites for hydroxylation is 3. The van der Waals surface area contributed by atoms with Crippen LogP contribution in [0.1, 0.15) is 27.3 Å². The second-order valence-corrected chi connectivity index (χ2v) is 4.97. The van der Waals surface area contributed by atoms with Gasteiger partial charge in [-0.05, 0) is 38.5 Å². The van der Waals surface area contributed by atoms with Gasteiger partial charge in [0.15, 0.2) is 0 Å². The number of aromatic nitrogens is 2.